The zero-order valence-corrected chi connectivity index (χ0v) is 31.2. The van der Waals surface area contributed by atoms with Crippen molar-refractivity contribution in [3.05, 3.63) is 131 Å². The van der Waals surface area contributed by atoms with Gasteiger partial charge in [0, 0.05) is 43.0 Å². The Morgan fingerprint density at radius 2 is 1.31 bits per heavy atom. The Hall–Kier alpha value is -5.56. The molecule has 54 heavy (non-hydrogen) atoms. The van der Waals surface area contributed by atoms with E-state index < -0.39 is 15.7 Å². The van der Waals surface area contributed by atoms with E-state index >= 15 is 4.39 Å². The lowest BCUT2D eigenvalue weighted by Crippen LogP contribution is -2.36. The van der Waals surface area contributed by atoms with Gasteiger partial charge in [-0.2, -0.15) is 0 Å². The number of morpholine rings is 1. The summed E-state index contributed by atoms with van der Waals surface area (Å²) in [5.41, 5.74) is 6.73. The zero-order valence-electron chi connectivity index (χ0n) is 29.6. The second-order valence-corrected chi connectivity index (χ2v) is 15.1. The molecule has 0 spiro atoms. The van der Waals surface area contributed by atoms with Gasteiger partial charge in [-0.25, -0.2) is 27.2 Å². The standard InChI is InChI=1S/C26H25FN4O3S.C15H10ClFN2/c1-17-25(21-7-3-4-11-28-21)29-20-8-5-6-19(27)24(20)26(17)30-22-16-18(31-12-14-34-15-13-31)9-10-23(22)35(2,32)33;1-9-14(16)13-10(17)5-4-7-11(13)19-15(9)12-6-2-3-8-18-12/h3-11,16H,12-15H2,1-2H3,(H,29,30);2-8H,1H3. The van der Waals surface area contributed by atoms with E-state index in [9.17, 15) is 12.8 Å². The van der Waals surface area contributed by atoms with E-state index in [1.54, 1.807) is 54.9 Å². The highest BCUT2D eigenvalue weighted by atomic mass is 35.5. The quantitative estimate of drug-likeness (QED) is 0.177. The minimum Gasteiger partial charge on any atom is -0.378 e. The van der Waals surface area contributed by atoms with Crippen molar-refractivity contribution in [2.24, 2.45) is 0 Å². The van der Waals surface area contributed by atoms with Crippen LogP contribution in [0, 0.1) is 25.5 Å². The molecule has 7 aromatic rings. The molecule has 0 unspecified atom stereocenters. The van der Waals surface area contributed by atoms with E-state index in [2.05, 4.69) is 30.2 Å². The number of nitrogens with one attached hydrogen (secondary N) is 1. The Kier molecular flexibility index (Phi) is 10.5. The molecule has 0 aliphatic carbocycles. The lowest BCUT2D eigenvalue weighted by Gasteiger charge is -2.29. The molecule has 1 N–H and O–H groups in total. The van der Waals surface area contributed by atoms with Gasteiger partial charge in [0.25, 0.3) is 0 Å². The van der Waals surface area contributed by atoms with Crippen LogP contribution in [-0.2, 0) is 14.6 Å². The highest BCUT2D eigenvalue weighted by Gasteiger charge is 2.22. The summed E-state index contributed by atoms with van der Waals surface area (Å²) in [5, 5.41) is 4.32. The number of benzene rings is 3. The largest absolute Gasteiger partial charge is 0.378 e. The fraction of sp³-hybridized carbons (Fsp3) is 0.171. The highest BCUT2D eigenvalue weighted by molar-refractivity contribution is 7.90. The summed E-state index contributed by atoms with van der Waals surface area (Å²) in [6.45, 7) is 6.26. The lowest BCUT2D eigenvalue weighted by atomic mass is 10.0. The van der Waals surface area contributed by atoms with Gasteiger partial charge in [0.05, 0.1) is 79.1 Å². The van der Waals surface area contributed by atoms with E-state index in [1.807, 2.05) is 50.2 Å². The van der Waals surface area contributed by atoms with Gasteiger partial charge in [0.1, 0.15) is 11.6 Å². The van der Waals surface area contributed by atoms with E-state index in [0.717, 1.165) is 16.9 Å². The molecule has 1 saturated heterocycles. The summed E-state index contributed by atoms with van der Waals surface area (Å²) >= 11 is 6.28. The molecule has 0 radical (unpaired) electrons. The van der Waals surface area contributed by atoms with Crippen molar-refractivity contribution >= 4 is 60.3 Å². The average Bonchev–Trinajstić information content (AvgIpc) is 3.18. The van der Waals surface area contributed by atoms with Crippen LogP contribution < -0.4 is 10.2 Å². The van der Waals surface area contributed by atoms with Gasteiger partial charge in [-0.3, -0.25) is 9.97 Å². The molecular weight excluding hydrogens is 730 g/mol. The topological polar surface area (TPSA) is 110 Å². The smallest absolute Gasteiger partial charge is 0.177 e. The Morgan fingerprint density at radius 3 is 1.89 bits per heavy atom. The predicted octanol–water partition coefficient (Wildman–Crippen LogP) is 9.13. The highest BCUT2D eigenvalue weighted by Crippen LogP contribution is 2.39. The first kappa shape index (κ1) is 36.8. The van der Waals surface area contributed by atoms with Gasteiger partial charge in [-0.15, -0.1) is 0 Å². The summed E-state index contributed by atoms with van der Waals surface area (Å²) < 4.78 is 59.7. The third kappa shape index (κ3) is 7.45. The molecule has 4 aromatic heterocycles. The van der Waals surface area contributed by atoms with Crippen LogP contribution in [0.3, 0.4) is 0 Å². The Labute approximate surface area is 316 Å². The van der Waals surface area contributed by atoms with Crippen molar-refractivity contribution in [1.82, 2.24) is 19.9 Å². The summed E-state index contributed by atoms with van der Waals surface area (Å²) in [6.07, 6.45) is 4.53. The zero-order chi connectivity index (χ0) is 38.0. The van der Waals surface area contributed by atoms with E-state index in [-0.39, 0.29) is 10.7 Å². The number of sulfone groups is 1. The molecule has 1 fully saturated rings. The van der Waals surface area contributed by atoms with Crippen LogP contribution in [0.2, 0.25) is 5.02 Å². The summed E-state index contributed by atoms with van der Waals surface area (Å²) in [4.78, 5) is 20.1. The van der Waals surface area contributed by atoms with Crippen LogP contribution in [0.25, 0.3) is 44.6 Å². The number of halogens is 3. The Bertz CT molecular complexity index is 2610. The van der Waals surface area contributed by atoms with Crippen molar-refractivity contribution in [2.45, 2.75) is 18.7 Å². The summed E-state index contributed by atoms with van der Waals surface area (Å²) in [6, 6.07) is 25.7. The van der Waals surface area contributed by atoms with Crippen LogP contribution in [0.4, 0.5) is 25.8 Å². The van der Waals surface area contributed by atoms with E-state index in [0.29, 0.717) is 87.2 Å². The van der Waals surface area contributed by atoms with Gasteiger partial charge < -0.3 is 15.0 Å². The Balaban J connectivity index is 0.000000199. The van der Waals surface area contributed by atoms with Gasteiger partial charge in [0.15, 0.2) is 9.84 Å². The van der Waals surface area contributed by atoms with E-state index in [4.69, 9.17) is 16.3 Å². The van der Waals surface area contributed by atoms with Gasteiger partial charge in [-0.05, 0) is 86.1 Å². The van der Waals surface area contributed by atoms with Crippen LogP contribution in [0.5, 0.6) is 0 Å². The van der Waals surface area contributed by atoms with Crippen LogP contribution in [0.1, 0.15) is 11.1 Å². The molecule has 0 bridgehead atoms. The molecule has 0 saturated carbocycles. The summed E-state index contributed by atoms with van der Waals surface area (Å²) in [5.74, 6) is -0.802. The molecule has 274 valence electrons. The SMILES string of the molecule is Cc1c(-c2ccccn2)nc2cccc(F)c2c1Cl.Cc1c(-c2ccccn2)nc2cccc(F)c2c1Nc1cc(N2CCOCC2)ccc1S(C)(=O)=O. The monoisotopic (exact) mass is 764 g/mol. The van der Waals surface area contributed by atoms with E-state index in [1.165, 1.54) is 18.4 Å². The van der Waals surface area contributed by atoms with Crippen molar-refractivity contribution < 1.29 is 21.9 Å². The maximum Gasteiger partial charge on any atom is 0.177 e. The summed E-state index contributed by atoms with van der Waals surface area (Å²) in [7, 11) is -3.57. The number of aromatic nitrogens is 4. The first-order valence-electron chi connectivity index (χ1n) is 17.1. The van der Waals surface area contributed by atoms with Crippen LogP contribution in [-0.4, -0.2) is 60.9 Å². The first-order chi connectivity index (χ1) is 26.0. The minimum atomic E-state index is -3.57. The fourth-order valence-electron chi connectivity index (χ4n) is 6.44. The number of hydrogen-bond donors (Lipinski definition) is 1. The molecule has 1 aliphatic rings. The number of rotatable bonds is 6. The van der Waals surface area contributed by atoms with Crippen molar-refractivity contribution in [1.29, 1.82) is 0 Å². The van der Waals surface area contributed by atoms with Crippen molar-refractivity contribution in [2.75, 3.05) is 42.8 Å². The number of fused-ring (bicyclic) bond motifs is 2. The van der Waals surface area contributed by atoms with Gasteiger partial charge in [-0.1, -0.05) is 35.9 Å². The second-order valence-electron chi connectivity index (χ2n) is 12.7. The fourth-order valence-corrected chi connectivity index (χ4v) is 7.54. The Morgan fingerprint density at radius 1 is 0.741 bits per heavy atom. The molecule has 8 rings (SSSR count). The molecule has 3 aromatic carbocycles. The van der Waals surface area contributed by atoms with Crippen LogP contribution >= 0.6 is 11.6 Å². The normalized spacial score (nSPS) is 13.1. The van der Waals surface area contributed by atoms with Gasteiger partial charge >= 0.3 is 0 Å². The van der Waals surface area contributed by atoms with Crippen LogP contribution in [0.15, 0.2) is 108 Å². The molecule has 13 heteroatoms. The molecule has 0 amide bonds. The maximum atomic E-state index is 15.1. The second kappa shape index (κ2) is 15.4. The maximum absolute atomic E-state index is 15.1. The molecule has 9 nitrogen and oxygen atoms in total. The molecule has 1 aliphatic heterocycles. The third-order valence-electron chi connectivity index (χ3n) is 9.15. The molecular formula is C41H35ClF2N6O3S. The number of hydrogen-bond acceptors (Lipinski definition) is 9. The number of nitrogens with zero attached hydrogens (tertiary/aromatic N) is 5. The first-order valence-corrected chi connectivity index (χ1v) is 19.4. The number of pyridine rings is 4. The molecule has 0 atom stereocenters. The average molecular weight is 765 g/mol. The van der Waals surface area contributed by atoms with Crippen molar-refractivity contribution in [3.63, 3.8) is 0 Å². The van der Waals surface area contributed by atoms with Crippen molar-refractivity contribution in [3.8, 4) is 22.8 Å². The third-order valence-corrected chi connectivity index (χ3v) is 10.8. The minimum absolute atomic E-state index is 0.134. The number of ether oxygens (including phenoxy) is 1. The predicted molar refractivity (Wildman–Crippen MR) is 210 cm³/mol. The number of anilines is 3. The van der Waals surface area contributed by atoms with Gasteiger partial charge in [0.2, 0.25) is 0 Å². The lowest BCUT2D eigenvalue weighted by molar-refractivity contribution is 0.122. The molecule has 5 heterocycles.